The molecule has 1 atom stereocenters. The van der Waals surface area contributed by atoms with Gasteiger partial charge in [-0.1, -0.05) is 6.07 Å². The third-order valence-corrected chi connectivity index (χ3v) is 5.42. The van der Waals surface area contributed by atoms with Crippen LogP contribution in [0.1, 0.15) is 36.0 Å². The molecule has 4 rings (SSSR count). The van der Waals surface area contributed by atoms with Crippen molar-refractivity contribution in [1.82, 2.24) is 15.1 Å². The predicted molar refractivity (Wildman–Crippen MR) is 102 cm³/mol. The van der Waals surface area contributed by atoms with Crippen LogP contribution in [0.2, 0.25) is 0 Å². The number of aromatic nitrogens is 2. The Morgan fingerprint density at radius 3 is 2.89 bits per heavy atom. The number of phenols is 1. The monoisotopic (exact) mass is 390 g/mol. The lowest BCUT2D eigenvalue weighted by Gasteiger charge is -2.31. The fraction of sp³-hybridized carbons (Fsp3) is 0.500. The van der Waals surface area contributed by atoms with Gasteiger partial charge in [0.1, 0.15) is 11.4 Å². The van der Waals surface area contributed by atoms with Crippen molar-refractivity contribution in [3.63, 3.8) is 0 Å². The molecule has 0 unspecified atom stereocenters. The first kappa shape index (κ1) is 19.0. The number of fused-ring (bicyclic) bond motifs is 1. The molecule has 0 spiro atoms. The van der Waals surface area contributed by atoms with Gasteiger partial charge in [-0.15, -0.1) is 10.2 Å². The van der Waals surface area contributed by atoms with E-state index in [1.807, 2.05) is 0 Å². The molecule has 3 heterocycles. The van der Waals surface area contributed by atoms with Crippen LogP contribution in [0.25, 0.3) is 11.3 Å². The van der Waals surface area contributed by atoms with Gasteiger partial charge in [-0.3, -0.25) is 0 Å². The van der Waals surface area contributed by atoms with E-state index in [1.54, 1.807) is 0 Å². The molecular formula is C20H24F2N4O2. The molecule has 0 saturated carbocycles. The normalized spacial score (nSPS) is 20.2. The predicted octanol–water partition coefficient (Wildman–Crippen LogP) is 3.37. The number of halogens is 2. The second-order valence-corrected chi connectivity index (χ2v) is 7.48. The van der Waals surface area contributed by atoms with Crippen LogP contribution in [-0.2, 0) is 17.8 Å². The molecule has 1 aromatic carbocycles. The standard InChI is InChI=1S/C20H24F2N4O2/c1-26-7-2-3-13(10-26)23-20-16-11-28-8-6-14(16)18(24-25-20)15-5-4-12(19(21)22)9-17(15)27/h4-5,9,13,19,27H,2-3,6-8,10-11H2,1H3,(H,23,25)/t13-/m1/s1. The van der Waals surface area contributed by atoms with Crippen LogP contribution in [0, 0.1) is 0 Å². The Morgan fingerprint density at radius 2 is 2.14 bits per heavy atom. The van der Waals surface area contributed by atoms with Gasteiger partial charge in [0.25, 0.3) is 6.43 Å². The van der Waals surface area contributed by atoms with E-state index in [0.717, 1.165) is 43.1 Å². The molecule has 0 radical (unpaired) electrons. The summed E-state index contributed by atoms with van der Waals surface area (Å²) >= 11 is 0. The molecule has 6 nitrogen and oxygen atoms in total. The van der Waals surface area contributed by atoms with Crippen LogP contribution >= 0.6 is 0 Å². The maximum absolute atomic E-state index is 12.9. The topological polar surface area (TPSA) is 70.5 Å². The first-order valence-electron chi connectivity index (χ1n) is 9.55. The molecule has 2 N–H and O–H groups in total. The van der Waals surface area contributed by atoms with E-state index in [-0.39, 0.29) is 11.3 Å². The summed E-state index contributed by atoms with van der Waals surface area (Å²) in [6, 6.07) is 4.19. The largest absolute Gasteiger partial charge is 0.507 e. The van der Waals surface area contributed by atoms with Crippen molar-refractivity contribution in [2.24, 2.45) is 0 Å². The summed E-state index contributed by atoms with van der Waals surface area (Å²) in [5.74, 6) is 0.498. The van der Waals surface area contributed by atoms with E-state index in [1.165, 1.54) is 12.1 Å². The van der Waals surface area contributed by atoms with E-state index < -0.39 is 6.43 Å². The third kappa shape index (κ3) is 3.79. The SMILES string of the molecule is CN1CCC[C@@H](Nc2nnc(-c3ccc(C(F)F)cc3O)c3c2COCC3)C1. The molecule has 2 aromatic rings. The number of likely N-dealkylation sites (tertiary alicyclic amines) is 1. The molecule has 1 aromatic heterocycles. The van der Waals surface area contributed by atoms with Crippen molar-refractivity contribution in [3.05, 3.63) is 34.9 Å². The second kappa shape index (κ2) is 7.97. The van der Waals surface area contributed by atoms with Gasteiger partial charge in [-0.25, -0.2) is 8.78 Å². The minimum atomic E-state index is -2.63. The number of alkyl halides is 2. The van der Waals surface area contributed by atoms with Crippen LogP contribution < -0.4 is 5.32 Å². The summed E-state index contributed by atoms with van der Waals surface area (Å²) in [4.78, 5) is 2.29. The quantitative estimate of drug-likeness (QED) is 0.834. The number of nitrogens with one attached hydrogen (secondary N) is 1. The van der Waals surface area contributed by atoms with Gasteiger partial charge in [-0.05, 0) is 50.6 Å². The molecule has 0 aliphatic carbocycles. The van der Waals surface area contributed by atoms with Gasteiger partial charge < -0.3 is 20.1 Å². The van der Waals surface area contributed by atoms with Gasteiger partial charge in [0.15, 0.2) is 5.82 Å². The third-order valence-electron chi connectivity index (χ3n) is 5.42. The molecule has 0 bridgehead atoms. The molecule has 2 aliphatic rings. The van der Waals surface area contributed by atoms with E-state index in [4.69, 9.17) is 4.74 Å². The Balaban J connectivity index is 1.68. The molecule has 0 amide bonds. The number of anilines is 1. The Kier molecular flexibility index (Phi) is 5.41. The van der Waals surface area contributed by atoms with E-state index >= 15 is 0 Å². The fourth-order valence-corrected chi connectivity index (χ4v) is 3.97. The number of benzene rings is 1. The molecule has 8 heteroatoms. The van der Waals surface area contributed by atoms with Gasteiger partial charge in [-0.2, -0.15) is 0 Å². The number of piperidine rings is 1. The lowest BCUT2D eigenvalue weighted by Crippen LogP contribution is -2.40. The highest BCUT2D eigenvalue weighted by atomic mass is 19.3. The summed E-state index contributed by atoms with van der Waals surface area (Å²) in [5, 5.41) is 22.5. The minimum absolute atomic E-state index is 0.213. The number of hydrogen-bond donors (Lipinski definition) is 2. The maximum atomic E-state index is 12.9. The second-order valence-electron chi connectivity index (χ2n) is 7.48. The number of nitrogens with zero attached hydrogens (tertiary/aromatic N) is 3. The molecule has 1 saturated heterocycles. The molecule has 28 heavy (non-hydrogen) atoms. The zero-order valence-electron chi connectivity index (χ0n) is 15.8. The lowest BCUT2D eigenvalue weighted by molar-refractivity contribution is 0.111. The van der Waals surface area contributed by atoms with Crippen LogP contribution in [-0.4, -0.2) is 53.0 Å². The average Bonchev–Trinajstić information content (AvgIpc) is 2.68. The fourth-order valence-electron chi connectivity index (χ4n) is 3.97. The highest BCUT2D eigenvalue weighted by Crippen LogP contribution is 2.37. The van der Waals surface area contributed by atoms with Crippen molar-refractivity contribution >= 4 is 5.82 Å². The highest BCUT2D eigenvalue weighted by molar-refractivity contribution is 5.73. The molecular weight excluding hydrogens is 366 g/mol. The molecule has 150 valence electrons. The number of rotatable bonds is 4. The Labute approximate surface area is 162 Å². The van der Waals surface area contributed by atoms with Crippen LogP contribution in [0.4, 0.5) is 14.6 Å². The van der Waals surface area contributed by atoms with Crippen molar-refractivity contribution in [2.45, 2.75) is 38.3 Å². The Hall–Kier alpha value is -2.32. The van der Waals surface area contributed by atoms with Crippen molar-refractivity contribution in [3.8, 4) is 17.0 Å². The number of phenolic OH excluding ortho intramolecular Hbond substituents is 1. The van der Waals surface area contributed by atoms with E-state index in [9.17, 15) is 13.9 Å². The molecule has 1 fully saturated rings. The Bertz CT molecular complexity index is 862. The van der Waals surface area contributed by atoms with Crippen LogP contribution in [0.15, 0.2) is 18.2 Å². The zero-order chi connectivity index (χ0) is 19.7. The van der Waals surface area contributed by atoms with Crippen molar-refractivity contribution < 1.29 is 18.6 Å². The van der Waals surface area contributed by atoms with Gasteiger partial charge in [0.05, 0.1) is 13.2 Å². The summed E-state index contributed by atoms with van der Waals surface area (Å²) in [7, 11) is 2.10. The first-order chi connectivity index (χ1) is 13.5. The summed E-state index contributed by atoms with van der Waals surface area (Å²) in [6.07, 6.45) is 0.200. The van der Waals surface area contributed by atoms with Gasteiger partial charge >= 0.3 is 0 Å². The van der Waals surface area contributed by atoms with Crippen molar-refractivity contribution in [2.75, 3.05) is 32.1 Å². The maximum Gasteiger partial charge on any atom is 0.263 e. The Morgan fingerprint density at radius 1 is 1.29 bits per heavy atom. The average molecular weight is 390 g/mol. The van der Waals surface area contributed by atoms with Crippen LogP contribution in [0.5, 0.6) is 5.75 Å². The lowest BCUT2D eigenvalue weighted by atomic mass is 9.96. The number of hydrogen-bond acceptors (Lipinski definition) is 6. The van der Waals surface area contributed by atoms with Gasteiger partial charge in [0.2, 0.25) is 0 Å². The number of aromatic hydroxyl groups is 1. The highest BCUT2D eigenvalue weighted by Gasteiger charge is 2.25. The van der Waals surface area contributed by atoms with Crippen molar-refractivity contribution in [1.29, 1.82) is 0 Å². The van der Waals surface area contributed by atoms with E-state index in [2.05, 4.69) is 27.5 Å². The zero-order valence-corrected chi connectivity index (χ0v) is 15.8. The smallest absolute Gasteiger partial charge is 0.263 e. The summed E-state index contributed by atoms with van der Waals surface area (Å²) in [5.41, 5.74) is 2.61. The molecule has 2 aliphatic heterocycles. The summed E-state index contributed by atoms with van der Waals surface area (Å²) < 4.78 is 31.4. The van der Waals surface area contributed by atoms with Gasteiger partial charge in [0, 0.05) is 29.3 Å². The first-order valence-corrected chi connectivity index (χ1v) is 9.55. The number of likely N-dealkylation sites (N-methyl/N-ethyl adjacent to an activating group) is 1. The summed E-state index contributed by atoms with van der Waals surface area (Å²) in [6.45, 7) is 3.00. The van der Waals surface area contributed by atoms with Crippen LogP contribution in [0.3, 0.4) is 0 Å². The minimum Gasteiger partial charge on any atom is -0.507 e. The van der Waals surface area contributed by atoms with E-state index in [0.29, 0.717) is 42.8 Å². The number of ether oxygens (including phenoxy) is 1.